The lowest BCUT2D eigenvalue weighted by atomic mass is 9.96. The molecule has 0 nitrogen and oxygen atoms in total. The average Bonchev–Trinajstić information content (AvgIpc) is 2.45. The fourth-order valence-corrected chi connectivity index (χ4v) is 3.04. The Labute approximate surface area is 130 Å². The summed E-state index contributed by atoms with van der Waals surface area (Å²) < 4.78 is 0. The highest BCUT2D eigenvalue weighted by atomic mass is 14.1. The lowest BCUT2D eigenvalue weighted by molar-refractivity contribution is 0.431. The SMILES string of the molecule is CCCCCCCCCC[C@@H](C)CCCCCCCC. The molecule has 0 heteroatoms. The van der Waals surface area contributed by atoms with Gasteiger partial charge in [0.05, 0.1) is 0 Å². The van der Waals surface area contributed by atoms with Crippen molar-refractivity contribution in [3.63, 3.8) is 0 Å². The van der Waals surface area contributed by atoms with Gasteiger partial charge in [0.25, 0.3) is 0 Å². The summed E-state index contributed by atoms with van der Waals surface area (Å²) >= 11 is 0. The van der Waals surface area contributed by atoms with E-state index in [0.717, 1.165) is 5.92 Å². The summed E-state index contributed by atoms with van der Waals surface area (Å²) in [5, 5.41) is 0. The zero-order chi connectivity index (χ0) is 14.9. The maximum atomic E-state index is 2.47. The summed E-state index contributed by atoms with van der Waals surface area (Å²) in [4.78, 5) is 0. The molecule has 0 radical (unpaired) electrons. The van der Waals surface area contributed by atoms with Crippen LogP contribution in [0.4, 0.5) is 0 Å². The highest BCUT2D eigenvalue weighted by molar-refractivity contribution is 4.55. The van der Waals surface area contributed by atoms with E-state index in [1.54, 1.807) is 0 Å². The zero-order valence-electron chi connectivity index (χ0n) is 14.9. The van der Waals surface area contributed by atoms with E-state index in [1.165, 1.54) is 103 Å². The predicted octanol–water partition coefficient (Wildman–Crippen LogP) is 7.90. The second kappa shape index (κ2) is 17.1. The average molecular weight is 283 g/mol. The minimum atomic E-state index is 0.973. The molecule has 0 aromatic carbocycles. The first-order valence-corrected chi connectivity index (χ1v) is 9.81. The Morgan fingerprint density at radius 2 is 0.750 bits per heavy atom. The third-order valence-electron chi connectivity index (χ3n) is 4.60. The van der Waals surface area contributed by atoms with E-state index in [2.05, 4.69) is 20.8 Å². The Hall–Kier alpha value is 0. The zero-order valence-corrected chi connectivity index (χ0v) is 14.9. The molecule has 20 heavy (non-hydrogen) atoms. The highest BCUT2D eigenvalue weighted by Gasteiger charge is 2.02. The van der Waals surface area contributed by atoms with Crippen LogP contribution < -0.4 is 0 Å². The molecule has 0 heterocycles. The van der Waals surface area contributed by atoms with Crippen LogP contribution >= 0.6 is 0 Å². The van der Waals surface area contributed by atoms with E-state index in [-0.39, 0.29) is 0 Å². The minimum absolute atomic E-state index is 0.973. The molecule has 0 unspecified atom stereocenters. The normalized spacial score (nSPS) is 12.8. The molecule has 0 saturated heterocycles. The molecule has 0 N–H and O–H groups in total. The van der Waals surface area contributed by atoms with Crippen LogP contribution in [0.2, 0.25) is 0 Å². The summed E-state index contributed by atoms with van der Waals surface area (Å²) in [7, 11) is 0. The predicted molar refractivity (Wildman–Crippen MR) is 94.4 cm³/mol. The summed E-state index contributed by atoms with van der Waals surface area (Å²) in [5.74, 6) is 0.973. The quantitative estimate of drug-likeness (QED) is 0.252. The number of unbranched alkanes of at least 4 members (excludes halogenated alkanes) is 12. The first kappa shape index (κ1) is 20.0. The van der Waals surface area contributed by atoms with Gasteiger partial charge in [0.15, 0.2) is 0 Å². The van der Waals surface area contributed by atoms with Gasteiger partial charge in [-0.1, -0.05) is 124 Å². The van der Waals surface area contributed by atoms with E-state index in [0.29, 0.717) is 0 Å². The molecule has 0 aliphatic rings. The van der Waals surface area contributed by atoms with Gasteiger partial charge in [0, 0.05) is 0 Å². The highest BCUT2D eigenvalue weighted by Crippen LogP contribution is 2.18. The summed E-state index contributed by atoms with van der Waals surface area (Å²) in [5.41, 5.74) is 0. The largest absolute Gasteiger partial charge is 0.0654 e. The maximum absolute atomic E-state index is 2.47. The van der Waals surface area contributed by atoms with Gasteiger partial charge in [-0.05, 0) is 5.92 Å². The van der Waals surface area contributed by atoms with Gasteiger partial charge in [0.1, 0.15) is 0 Å². The van der Waals surface area contributed by atoms with Crippen LogP contribution in [0.5, 0.6) is 0 Å². The molecule has 0 saturated carbocycles. The van der Waals surface area contributed by atoms with Crippen molar-refractivity contribution in [2.45, 2.75) is 124 Å². The van der Waals surface area contributed by atoms with E-state index in [4.69, 9.17) is 0 Å². The van der Waals surface area contributed by atoms with Crippen molar-refractivity contribution in [1.82, 2.24) is 0 Å². The fourth-order valence-electron chi connectivity index (χ4n) is 3.04. The smallest absolute Gasteiger partial charge is 0.0443 e. The van der Waals surface area contributed by atoms with Crippen molar-refractivity contribution in [1.29, 1.82) is 0 Å². The number of hydrogen-bond donors (Lipinski definition) is 0. The lowest BCUT2D eigenvalue weighted by Gasteiger charge is -2.11. The Balaban J connectivity index is 3.10. The molecule has 0 rings (SSSR count). The Kier molecular flexibility index (Phi) is 17.1. The van der Waals surface area contributed by atoms with Crippen LogP contribution in [0, 0.1) is 5.92 Å². The van der Waals surface area contributed by atoms with E-state index in [9.17, 15) is 0 Å². The monoisotopic (exact) mass is 282 g/mol. The summed E-state index contributed by atoms with van der Waals surface area (Å²) in [6, 6.07) is 0. The number of hydrogen-bond acceptors (Lipinski definition) is 0. The van der Waals surface area contributed by atoms with Crippen LogP contribution in [-0.4, -0.2) is 0 Å². The molecular weight excluding hydrogens is 240 g/mol. The van der Waals surface area contributed by atoms with Gasteiger partial charge < -0.3 is 0 Å². The van der Waals surface area contributed by atoms with Crippen molar-refractivity contribution in [2.75, 3.05) is 0 Å². The third-order valence-corrected chi connectivity index (χ3v) is 4.60. The van der Waals surface area contributed by atoms with Gasteiger partial charge in [-0.2, -0.15) is 0 Å². The van der Waals surface area contributed by atoms with Crippen molar-refractivity contribution in [3.8, 4) is 0 Å². The van der Waals surface area contributed by atoms with Crippen LogP contribution in [0.15, 0.2) is 0 Å². The molecule has 0 fully saturated rings. The summed E-state index contributed by atoms with van der Waals surface area (Å²) in [6.45, 7) is 7.06. The van der Waals surface area contributed by atoms with E-state index < -0.39 is 0 Å². The third kappa shape index (κ3) is 16.1. The van der Waals surface area contributed by atoms with Gasteiger partial charge in [-0.15, -0.1) is 0 Å². The van der Waals surface area contributed by atoms with Crippen molar-refractivity contribution in [3.05, 3.63) is 0 Å². The van der Waals surface area contributed by atoms with Gasteiger partial charge in [-0.25, -0.2) is 0 Å². The Morgan fingerprint density at radius 1 is 0.450 bits per heavy atom. The molecule has 122 valence electrons. The summed E-state index contributed by atoms with van der Waals surface area (Å²) in [6.07, 6.45) is 23.3. The fraction of sp³-hybridized carbons (Fsp3) is 1.00. The molecule has 0 aliphatic heterocycles. The first-order chi connectivity index (χ1) is 9.81. The van der Waals surface area contributed by atoms with Gasteiger partial charge in [-0.3, -0.25) is 0 Å². The second-order valence-electron chi connectivity index (χ2n) is 6.93. The van der Waals surface area contributed by atoms with E-state index in [1.807, 2.05) is 0 Å². The maximum Gasteiger partial charge on any atom is -0.0443 e. The Morgan fingerprint density at radius 3 is 1.10 bits per heavy atom. The Bertz CT molecular complexity index is 161. The van der Waals surface area contributed by atoms with Crippen molar-refractivity contribution >= 4 is 0 Å². The number of rotatable bonds is 16. The molecule has 0 aromatic heterocycles. The molecule has 0 amide bonds. The minimum Gasteiger partial charge on any atom is -0.0654 e. The van der Waals surface area contributed by atoms with Gasteiger partial charge >= 0.3 is 0 Å². The molecule has 0 spiro atoms. The first-order valence-electron chi connectivity index (χ1n) is 9.81. The van der Waals surface area contributed by atoms with Crippen LogP contribution in [0.25, 0.3) is 0 Å². The molecule has 0 aromatic rings. The van der Waals surface area contributed by atoms with Crippen LogP contribution in [0.3, 0.4) is 0 Å². The van der Waals surface area contributed by atoms with Gasteiger partial charge in [0.2, 0.25) is 0 Å². The molecule has 0 bridgehead atoms. The second-order valence-corrected chi connectivity index (χ2v) is 6.93. The standard InChI is InChI=1S/C20H42/c1-4-6-8-10-12-13-15-17-19-20(3)18-16-14-11-9-7-5-2/h20H,4-19H2,1-3H3/t20-/m0/s1. The van der Waals surface area contributed by atoms with Crippen LogP contribution in [0.1, 0.15) is 124 Å². The molecule has 1 atom stereocenters. The van der Waals surface area contributed by atoms with E-state index >= 15 is 0 Å². The van der Waals surface area contributed by atoms with Crippen molar-refractivity contribution < 1.29 is 0 Å². The molecular formula is C20H42. The lowest BCUT2D eigenvalue weighted by Crippen LogP contribution is -1.95. The topological polar surface area (TPSA) is 0 Å². The molecule has 0 aliphatic carbocycles. The van der Waals surface area contributed by atoms with Crippen molar-refractivity contribution in [2.24, 2.45) is 5.92 Å². The van der Waals surface area contributed by atoms with Crippen LogP contribution in [-0.2, 0) is 0 Å².